The number of esters is 1. The Kier molecular flexibility index (Phi) is 3.62. The number of carbonyl (C=O) groups excluding carboxylic acids is 3. The zero-order chi connectivity index (χ0) is 16.7. The summed E-state index contributed by atoms with van der Waals surface area (Å²) in [5.41, 5.74) is 1.15. The molecule has 0 bridgehead atoms. The molecular weight excluding hydrogens is 298 g/mol. The second-order valence-electron chi connectivity index (χ2n) is 5.67. The highest BCUT2D eigenvalue weighted by Gasteiger charge is 2.60. The van der Waals surface area contributed by atoms with Crippen molar-refractivity contribution in [2.75, 3.05) is 14.2 Å². The van der Waals surface area contributed by atoms with Crippen molar-refractivity contribution >= 4 is 17.8 Å². The molecule has 0 aromatic heterocycles. The SMILES string of the molecule is COC(=O)C1NC(c2cccc(C#N)c2)[C@H]2C(=O)N(C)C(=O)[C@@H]12. The maximum absolute atomic E-state index is 12.4. The van der Waals surface area contributed by atoms with Crippen LogP contribution in [-0.2, 0) is 19.1 Å². The van der Waals surface area contributed by atoms with Crippen LogP contribution in [0.25, 0.3) is 0 Å². The zero-order valence-corrected chi connectivity index (χ0v) is 12.6. The predicted octanol–water partition coefficient (Wildman–Crippen LogP) is -0.0248. The van der Waals surface area contributed by atoms with Gasteiger partial charge in [0.05, 0.1) is 30.6 Å². The van der Waals surface area contributed by atoms with E-state index in [-0.39, 0.29) is 11.8 Å². The fraction of sp³-hybridized carbons (Fsp3) is 0.375. The molecule has 0 radical (unpaired) electrons. The Bertz CT molecular complexity index is 739. The number of hydrogen-bond donors (Lipinski definition) is 1. The monoisotopic (exact) mass is 313 g/mol. The van der Waals surface area contributed by atoms with E-state index in [1.54, 1.807) is 24.3 Å². The minimum absolute atomic E-state index is 0.328. The van der Waals surface area contributed by atoms with Crippen LogP contribution in [0.5, 0.6) is 0 Å². The van der Waals surface area contributed by atoms with Crippen molar-refractivity contribution in [2.45, 2.75) is 12.1 Å². The lowest BCUT2D eigenvalue weighted by atomic mass is 9.86. The quantitative estimate of drug-likeness (QED) is 0.608. The largest absolute Gasteiger partial charge is 0.468 e. The highest BCUT2D eigenvalue weighted by Crippen LogP contribution is 2.43. The molecule has 2 saturated heterocycles. The van der Waals surface area contributed by atoms with Crippen LogP contribution in [0.15, 0.2) is 24.3 Å². The van der Waals surface area contributed by atoms with E-state index in [1.807, 2.05) is 6.07 Å². The van der Waals surface area contributed by atoms with Crippen molar-refractivity contribution < 1.29 is 19.1 Å². The van der Waals surface area contributed by atoms with Gasteiger partial charge in [-0.2, -0.15) is 5.26 Å². The number of likely N-dealkylation sites (tertiary alicyclic amines) is 1. The predicted molar refractivity (Wildman–Crippen MR) is 77.6 cm³/mol. The molecule has 2 aliphatic heterocycles. The van der Waals surface area contributed by atoms with E-state index >= 15 is 0 Å². The number of fused-ring (bicyclic) bond motifs is 1. The fourth-order valence-electron chi connectivity index (χ4n) is 3.41. The summed E-state index contributed by atoms with van der Waals surface area (Å²) in [6.45, 7) is 0. The van der Waals surface area contributed by atoms with Crippen LogP contribution in [0.3, 0.4) is 0 Å². The second-order valence-corrected chi connectivity index (χ2v) is 5.67. The lowest BCUT2D eigenvalue weighted by Gasteiger charge is -2.19. The molecule has 1 N–H and O–H groups in total. The summed E-state index contributed by atoms with van der Waals surface area (Å²) in [4.78, 5) is 37.8. The molecule has 7 nitrogen and oxygen atoms in total. The van der Waals surface area contributed by atoms with E-state index in [4.69, 9.17) is 10.00 Å². The summed E-state index contributed by atoms with van der Waals surface area (Å²) in [5, 5.41) is 12.1. The number of amides is 2. The molecule has 1 aromatic rings. The Morgan fingerprint density at radius 1 is 1.30 bits per heavy atom. The van der Waals surface area contributed by atoms with Crippen LogP contribution in [0.1, 0.15) is 17.2 Å². The van der Waals surface area contributed by atoms with Crippen LogP contribution in [0.2, 0.25) is 0 Å². The first-order valence-electron chi connectivity index (χ1n) is 7.15. The second kappa shape index (κ2) is 5.48. The molecular formula is C16H15N3O4. The van der Waals surface area contributed by atoms with E-state index in [2.05, 4.69) is 5.32 Å². The molecule has 4 atom stereocenters. The Balaban J connectivity index is 2.04. The van der Waals surface area contributed by atoms with Crippen molar-refractivity contribution in [3.63, 3.8) is 0 Å². The Morgan fingerprint density at radius 2 is 2.00 bits per heavy atom. The minimum atomic E-state index is -0.873. The number of rotatable bonds is 2. The summed E-state index contributed by atoms with van der Waals surface area (Å²) in [6.07, 6.45) is 0. The number of nitriles is 1. The van der Waals surface area contributed by atoms with E-state index in [1.165, 1.54) is 14.2 Å². The molecule has 2 unspecified atom stereocenters. The third-order valence-electron chi connectivity index (χ3n) is 4.53. The first-order valence-corrected chi connectivity index (χ1v) is 7.15. The number of methoxy groups -OCH3 is 1. The molecule has 2 fully saturated rings. The Labute approximate surface area is 132 Å². The van der Waals surface area contributed by atoms with E-state index in [0.29, 0.717) is 11.1 Å². The van der Waals surface area contributed by atoms with Gasteiger partial charge in [0, 0.05) is 13.1 Å². The lowest BCUT2D eigenvalue weighted by molar-refractivity contribution is -0.147. The molecule has 1 aromatic carbocycles. The number of carbonyl (C=O) groups is 3. The maximum Gasteiger partial charge on any atom is 0.323 e. The molecule has 2 aliphatic rings. The first-order chi connectivity index (χ1) is 11.0. The smallest absolute Gasteiger partial charge is 0.323 e. The molecule has 0 aliphatic carbocycles. The van der Waals surface area contributed by atoms with Gasteiger partial charge in [-0.3, -0.25) is 24.6 Å². The van der Waals surface area contributed by atoms with Crippen molar-refractivity contribution in [3.8, 4) is 6.07 Å². The van der Waals surface area contributed by atoms with Gasteiger partial charge in [-0.1, -0.05) is 12.1 Å². The van der Waals surface area contributed by atoms with Gasteiger partial charge in [-0.15, -0.1) is 0 Å². The van der Waals surface area contributed by atoms with Gasteiger partial charge in [0.2, 0.25) is 11.8 Å². The molecule has 2 heterocycles. The minimum Gasteiger partial charge on any atom is -0.468 e. The number of imide groups is 1. The number of nitrogens with one attached hydrogen (secondary N) is 1. The average molecular weight is 313 g/mol. The van der Waals surface area contributed by atoms with Gasteiger partial charge in [0.15, 0.2) is 0 Å². The molecule has 2 amide bonds. The highest BCUT2D eigenvalue weighted by molar-refractivity contribution is 6.08. The third kappa shape index (κ3) is 2.19. The van der Waals surface area contributed by atoms with Gasteiger partial charge in [0.25, 0.3) is 0 Å². The van der Waals surface area contributed by atoms with Crippen molar-refractivity contribution in [1.29, 1.82) is 5.26 Å². The van der Waals surface area contributed by atoms with Crippen LogP contribution >= 0.6 is 0 Å². The highest BCUT2D eigenvalue weighted by atomic mass is 16.5. The maximum atomic E-state index is 12.4. The fourth-order valence-corrected chi connectivity index (χ4v) is 3.41. The first kappa shape index (κ1) is 15.2. The molecule has 0 spiro atoms. The van der Waals surface area contributed by atoms with Crippen molar-refractivity contribution in [2.24, 2.45) is 11.8 Å². The van der Waals surface area contributed by atoms with E-state index in [0.717, 1.165) is 4.90 Å². The molecule has 23 heavy (non-hydrogen) atoms. The zero-order valence-electron chi connectivity index (χ0n) is 12.6. The standard InChI is InChI=1S/C16H15N3O4/c1-19-14(20)10-11(15(19)21)13(16(22)23-2)18-12(10)9-5-3-4-8(6-9)7-17/h3-6,10-13,18H,1-2H3/t10-,11+,12?,13?/m0/s1. The van der Waals surface area contributed by atoms with Gasteiger partial charge in [-0.05, 0) is 17.7 Å². The molecule has 7 heteroatoms. The topological polar surface area (TPSA) is 99.5 Å². The molecule has 3 rings (SSSR count). The lowest BCUT2D eigenvalue weighted by Crippen LogP contribution is -2.42. The van der Waals surface area contributed by atoms with E-state index in [9.17, 15) is 14.4 Å². The van der Waals surface area contributed by atoms with E-state index < -0.39 is 29.9 Å². The van der Waals surface area contributed by atoms with Gasteiger partial charge in [0.1, 0.15) is 6.04 Å². The average Bonchev–Trinajstić information content (AvgIpc) is 3.07. The summed E-state index contributed by atoms with van der Waals surface area (Å²) in [6, 6.07) is 7.44. The normalized spacial score (nSPS) is 29.3. The Morgan fingerprint density at radius 3 is 2.65 bits per heavy atom. The summed E-state index contributed by atoms with van der Waals surface area (Å²) in [5.74, 6) is -2.75. The van der Waals surface area contributed by atoms with Gasteiger partial charge < -0.3 is 4.74 Å². The summed E-state index contributed by atoms with van der Waals surface area (Å²) < 4.78 is 4.75. The Hall–Kier alpha value is -2.72. The van der Waals surface area contributed by atoms with Crippen LogP contribution in [-0.4, -0.2) is 42.9 Å². The number of ether oxygens (including phenoxy) is 1. The van der Waals surface area contributed by atoms with Crippen LogP contribution < -0.4 is 5.32 Å². The van der Waals surface area contributed by atoms with Crippen molar-refractivity contribution in [3.05, 3.63) is 35.4 Å². The number of benzene rings is 1. The molecule has 0 saturated carbocycles. The summed E-state index contributed by atoms with van der Waals surface area (Å²) >= 11 is 0. The third-order valence-corrected chi connectivity index (χ3v) is 4.53. The van der Waals surface area contributed by atoms with Crippen molar-refractivity contribution in [1.82, 2.24) is 10.2 Å². The molecule has 118 valence electrons. The van der Waals surface area contributed by atoms with Crippen LogP contribution in [0.4, 0.5) is 0 Å². The number of hydrogen-bond acceptors (Lipinski definition) is 6. The summed E-state index contributed by atoms with van der Waals surface area (Å²) in [7, 11) is 2.66. The van der Waals surface area contributed by atoms with Gasteiger partial charge in [-0.25, -0.2) is 0 Å². The van der Waals surface area contributed by atoms with Crippen LogP contribution in [0, 0.1) is 23.2 Å². The van der Waals surface area contributed by atoms with Gasteiger partial charge >= 0.3 is 5.97 Å². The number of nitrogens with zero attached hydrogens (tertiary/aromatic N) is 2.